The number of rotatable bonds is 7. The lowest BCUT2D eigenvalue weighted by molar-refractivity contribution is -0.171. The number of aromatic amines is 1. The number of alkyl halides is 1. The Morgan fingerprint density at radius 2 is 2.10 bits per heavy atom. The summed E-state index contributed by atoms with van der Waals surface area (Å²) in [7, 11) is 0. The maximum atomic E-state index is 14.5. The van der Waals surface area contributed by atoms with Crippen molar-refractivity contribution in [3.05, 3.63) is 16.7 Å². The number of hydrogen-bond acceptors (Lipinski definition) is 10. The van der Waals surface area contributed by atoms with Crippen molar-refractivity contribution in [3.8, 4) is 0 Å². The van der Waals surface area contributed by atoms with E-state index in [9.17, 15) is 18.8 Å². The number of H-pyrrole nitrogens is 1. The number of carbonyl (C=O) groups is 2. The second kappa shape index (κ2) is 8.98. The minimum Gasteiger partial charge on any atom is -0.460 e. The number of anilines is 1. The zero-order chi connectivity index (χ0) is 22.9. The molecule has 170 valence electrons. The molecule has 5 N–H and O–H groups in total. The van der Waals surface area contributed by atoms with Crippen molar-refractivity contribution >= 4 is 29.1 Å². The third-order valence-corrected chi connectivity index (χ3v) is 4.93. The molecule has 2 aromatic heterocycles. The summed E-state index contributed by atoms with van der Waals surface area (Å²) in [5.41, 5.74) is 10.9. The van der Waals surface area contributed by atoms with Crippen LogP contribution in [0, 0.1) is 5.92 Å². The van der Waals surface area contributed by atoms with Gasteiger partial charge in [0.05, 0.1) is 6.33 Å². The molecule has 12 nitrogen and oxygen atoms in total. The summed E-state index contributed by atoms with van der Waals surface area (Å²) in [6, 6.07) is -0.871. The first-order valence-electron chi connectivity index (χ1n) is 9.73. The Bertz CT molecular complexity index is 1020. The fraction of sp³-hybridized carbons (Fsp3) is 0.611. The molecule has 0 aliphatic carbocycles. The lowest BCUT2D eigenvalue weighted by Crippen LogP contribution is -2.40. The van der Waals surface area contributed by atoms with E-state index in [1.807, 2.05) is 0 Å². The van der Waals surface area contributed by atoms with Gasteiger partial charge in [-0.25, -0.2) is 14.2 Å². The van der Waals surface area contributed by atoms with Gasteiger partial charge in [0.25, 0.3) is 5.56 Å². The van der Waals surface area contributed by atoms with Gasteiger partial charge >= 0.3 is 11.9 Å². The Kier molecular flexibility index (Phi) is 6.55. The highest BCUT2D eigenvalue weighted by Crippen LogP contribution is 2.32. The van der Waals surface area contributed by atoms with Gasteiger partial charge in [0.15, 0.2) is 17.3 Å². The summed E-state index contributed by atoms with van der Waals surface area (Å²) in [5.74, 6) is -1.85. The van der Waals surface area contributed by atoms with Gasteiger partial charge in [0.2, 0.25) is 5.95 Å². The normalized spacial score (nSPS) is 23.1. The van der Waals surface area contributed by atoms with Crippen LogP contribution in [-0.4, -0.2) is 62.5 Å². The fourth-order valence-electron chi connectivity index (χ4n) is 3.02. The van der Waals surface area contributed by atoms with E-state index in [2.05, 4.69) is 15.0 Å². The predicted molar refractivity (Wildman–Crippen MR) is 105 cm³/mol. The average Bonchev–Trinajstić information content (AvgIpc) is 3.28. The molecular formula is C18H25FN6O6. The molecule has 0 spiro atoms. The monoisotopic (exact) mass is 440 g/mol. The molecule has 0 amide bonds. The molecule has 0 aromatic carbocycles. The summed E-state index contributed by atoms with van der Waals surface area (Å²) in [5, 5.41) is 0. The topological polar surface area (TPSA) is 177 Å². The molecule has 0 saturated carbocycles. The zero-order valence-electron chi connectivity index (χ0n) is 17.3. The van der Waals surface area contributed by atoms with E-state index in [1.54, 1.807) is 13.8 Å². The van der Waals surface area contributed by atoms with Crippen LogP contribution in [0.4, 0.5) is 10.3 Å². The first kappa shape index (κ1) is 22.6. The number of nitrogens with two attached hydrogens (primary N) is 2. The van der Waals surface area contributed by atoms with Crippen LogP contribution < -0.4 is 17.0 Å². The number of imidazole rings is 1. The van der Waals surface area contributed by atoms with Crippen LogP contribution in [0.3, 0.4) is 0 Å². The molecule has 1 aliphatic rings. The van der Waals surface area contributed by atoms with E-state index >= 15 is 0 Å². The molecule has 1 aliphatic heterocycles. The van der Waals surface area contributed by atoms with Crippen molar-refractivity contribution in [1.29, 1.82) is 0 Å². The molecule has 3 rings (SSSR count). The van der Waals surface area contributed by atoms with Gasteiger partial charge < -0.3 is 25.7 Å². The van der Waals surface area contributed by atoms with E-state index in [0.29, 0.717) is 0 Å². The minimum absolute atomic E-state index is 0.0401. The summed E-state index contributed by atoms with van der Waals surface area (Å²) in [6.07, 6.45) is -3.32. The summed E-state index contributed by atoms with van der Waals surface area (Å²) in [4.78, 5) is 46.1. The standard InChI is InChI=1S/C18H25FN6O6/c1-7(2)12(20)17(28)30-8(3)16(27)29-5-10-9(19)4-11(31-10)25-6-22-13-14(25)23-18(21)24-15(13)26/h6-12H,4-5,20H2,1-3H3,(H3,21,23,24,26). The summed E-state index contributed by atoms with van der Waals surface area (Å²) >= 11 is 0. The van der Waals surface area contributed by atoms with Crippen LogP contribution in [0.5, 0.6) is 0 Å². The Labute approximate surface area is 176 Å². The quantitative estimate of drug-likeness (QED) is 0.488. The van der Waals surface area contributed by atoms with Crippen LogP contribution >= 0.6 is 0 Å². The highest BCUT2D eigenvalue weighted by molar-refractivity contribution is 5.81. The van der Waals surface area contributed by atoms with Crippen LogP contribution in [0.1, 0.15) is 33.4 Å². The van der Waals surface area contributed by atoms with Gasteiger partial charge in [-0.2, -0.15) is 4.98 Å². The van der Waals surface area contributed by atoms with E-state index in [1.165, 1.54) is 17.8 Å². The first-order chi connectivity index (χ1) is 14.6. The van der Waals surface area contributed by atoms with Gasteiger partial charge in [-0.15, -0.1) is 0 Å². The maximum Gasteiger partial charge on any atom is 0.347 e. The number of esters is 2. The SMILES string of the molecule is CC(OC(=O)C(N)C(C)C)C(=O)OCC1OC(n2cnc3c(=O)[nH]c(N)nc32)CC1F. The molecule has 0 radical (unpaired) electrons. The lowest BCUT2D eigenvalue weighted by atomic mass is 10.1. The van der Waals surface area contributed by atoms with Crippen LogP contribution in [0.2, 0.25) is 0 Å². The maximum absolute atomic E-state index is 14.5. The molecule has 3 heterocycles. The van der Waals surface area contributed by atoms with Crippen molar-refractivity contribution in [2.75, 3.05) is 12.3 Å². The zero-order valence-corrected chi connectivity index (χ0v) is 17.3. The highest BCUT2D eigenvalue weighted by atomic mass is 19.1. The Balaban J connectivity index is 1.59. The molecule has 2 aromatic rings. The number of hydrogen-bond donors (Lipinski definition) is 3. The molecule has 13 heteroatoms. The van der Waals surface area contributed by atoms with Crippen LogP contribution in [0.15, 0.2) is 11.1 Å². The number of ether oxygens (including phenoxy) is 3. The van der Waals surface area contributed by atoms with Crippen molar-refractivity contribution in [2.24, 2.45) is 11.7 Å². The molecular weight excluding hydrogens is 415 g/mol. The van der Waals surface area contributed by atoms with E-state index < -0.39 is 54.8 Å². The van der Waals surface area contributed by atoms with E-state index in [4.69, 9.17) is 25.7 Å². The average molecular weight is 440 g/mol. The van der Waals surface area contributed by atoms with Gasteiger partial charge in [-0.1, -0.05) is 13.8 Å². The highest BCUT2D eigenvalue weighted by Gasteiger charge is 2.38. The number of aromatic nitrogens is 4. The third kappa shape index (κ3) is 4.82. The lowest BCUT2D eigenvalue weighted by Gasteiger charge is -2.19. The van der Waals surface area contributed by atoms with Gasteiger partial charge in [0.1, 0.15) is 31.2 Å². The Hall–Kier alpha value is -3.06. The second-order valence-corrected chi connectivity index (χ2v) is 7.64. The molecule has 1 saturated heterocycles. The largest absolute Gasteiger partial charge is 0.460 e. The Morgan fingerprint density at radius 1 is 1.39 bits per heavy atom. The summed E-state index contributed by atoms with van der Waals surface area (Å²) in [6.45, 7) is 4.43. The number of nitrogens with zero attached hydrogens (tertiary/aromatic N) is 3. The van der Waals surface area contributed by atoms with Gasteiger partial charge in [-0.05, 0) is 12.8 Å². The van der Waals surface area contributed by atoms with E-state index in [0.717, 1.165) is 0 Å². The molecule has 31 heavy (non-hydrogen) atoms. The molecule has 5 atom stereocenters. The van der Waals surface area contributed by atoms with E-state index in [-0.39, 0.29) is 29.5 Å². The smallest absolute Gasteiger partial charge is 0.347 e. The van der Waals surface area contributed by atoms with Crippen LogP contribution in [-0.2, 0) is 23.8 Å². The number of nitrogen functional groups attached to an aromatic ring is 1. The number of fused-ring (bicyclic) bond motifs is 1. The van der Waals surface area contributed by atoms with Crippen molar-refractivity contribution < 1.29 is 28.2 Å². The van der Waals surface area contributed by atoms with Gasteiger partial charge in [0, 0.05) is 6.42 Å². The molecule has 5 unspecified atom stereocenters. The first-order valence-corrected chi connectivity index (χ1v) is 9.73. The fourth-order valence-corrected chi connectivity index (χ4v) is 3.02. The predicted octanol–water partition coefficient (Wildman–Crippen LogP) is -0.214. The van der Waals surface area contributed by atoms with Crippen molar-refractivity contribution in [3.63, 3.8) is 0 Å². The third-order valence-electron chi connectivity index (χ3n) is 4.93. The minimum atomic E-state index is -1.46. The number of carbonyl (C=O) groups excluding carboxylic acids is 2. The van der Waals surface area contributed by atoms with Gasteiger partial charge in [-0.3, -0.25) is 19.1 Å². The number of halogens is 1. The Morgan fingerprint density at radius 3 is 2.77 bits per heavy atom. The van der Waals surface area contributed by atoms with Crippen molar-refractivity contribution in [2.45, 2.75) is 57.8 Å². The molecule has 1 fully saturated rings. The second-order valence-electron chi connectivity index (χ2n) is 7.64. The summed E-state index contributed by atoms with van der Waals surface area (Å²) < 4.78 is 31.6. The number of nitrogens with one attached hydrogen (secondary N) is 1. The molecule has 0 bridgehead atoms. The van der Waals surface area contributed by atoms with Crippen molar-refractivity contribution in [1.82, 2.24) is 19.5 Å². The van der Waals surface area contributed by atoms with Crippen LogP contribution in [0.25, 0.3) is 11.2 Å².